The predicted octanol–water partition coefficient (Wildman–Crippen LogP) is 0.431. The second-order valence-corrected chi connectivity index (χ2v) is 6.38. The molecular weight excluding hydrogens is 296 g/mol. The van der Waals surface area contributed by atoms with Gasteiger partial charge in [0.25, 0.3) is 0 Å². The van der Waals surface area contributed by atoms with E-state index < -0.39 is 0 Å². The van der Waals surface area contributed by atoms with E-state index >= 15 is 0 Å². The molecule has 1 aromatic rings. The van der Waals surface area contributed by atoms with Gasteiger partial charge >= 0.3 is 0 Å². The lowest BCUT2D eigenvalue weighted by Crippen LogP contribution is -2.50. The molecule has 3 heterocycles. The van der Waals surface area contributed by atoms with Gasteiger partial charge in [-0.15, -0.1) is 0 Å². The number of likely N-dealkylation sites (N-methyl/N-ethyl adjacent to an activating group) is 1. The van der Waals surface area contributed by atoms with Gasteiger partial charge in [-0.2, -0.15) is 0 Å². The van der Waals surface area contributed by atoms with Crippen LogP contribution in [-0.2, 0) is 21.3 Å². The van der Waals surface area contributed by atoms with Gasteiger partial charge in [-0.3, -0.25) is 9.69 Å². The van der Waals surface area contributed by atoms with Crippen molar-refractivity contribution in [2.75, 3.05) is 46.5 Å². The van der Waals surface area contributed by atoms with Crippen molar-refractivity contribution in [2.24, 2.45) is 7.05 Å². The van der Waals surface area contributed by atoms with Crippen LogP contribution in [0.3, 0.4) is 0 Å². The van der Waals surface area contributed by atoms with Crippen molar-refractivity contribution >= 4 is 5.91 Å². The van der Waals surface area contributed by atoms with Crippen molar-refractivity contribution in [2.45, 2.75) is 25.0 Å². The van der Waals surface area contributed by atoms with E-state index in [-0.39, 0.29) is 24.7 Å². The summed E-state index contributed by atoms with van der Waals surface area (Å²) in [6, 6.07) is 0.130. The molecule has 0 spiro atoms. The van der Waals surface area contributed by atoms with Gasteiger partial charge in [0.2, 0.25) is 5.91 Å². The third-order valence-electron chi connectivity index (χ3n) is 4.71. The van der Waals surface area contributed by atoms with Crippen molar-refractivity contribution < 1.29 is 14.3 Å². The van der Waals surface area contributed by atoms with Gasteiger partial charge in [0.1, 0.15) is 12.4 Å². The number of hydrogen-bond donors (Lipinski definition) is 0. The van der Waals surface area contributed by atoms with Gasteiger partial charge < -0.3 is 18.9 Å². The Bertz CT molecular complexity index is 527. The lowest BCUT2D eigenvalue weighted by atomic mass is 10.1. The number of aryl methyl sites for hydroxylation is 1. The Hall–Kier alpha value is -1.44. The van der Waals surface area contributed by atoms with Crippen LogP contribution >= 0.6 is 0 Å². The molecule has 23 heavy (non-hydrogen) atoms. The van der Waals surface area contributed by atoms with Gasteiger partial charge in [-0.05, 0) is 19.9 Å². The smallest absolute Gasteiger partial charge is 0.248 e. The molecule has 0 saturated carbocycles. The Morgan fingerprint density at radius 3 is 3.00 bits per heavy atom. The van der Waals surface area contributed by atoms with Crippen molar-refractivity contribution in [1.82, 2.24) is 19.4 Å². The molecule has 2 aliphatic heterocycles. The summed E-state index contributed by atoms with van der Waals surface area (Å²) in [5.41, 5.74) is 0. The summed E-state index contributed by atoms with van der Waals surface area (Å²) in [5, 5.41) is 0. The Balaban J connectivity index is 1.51. The average Bonchev–Trinajstić information content (AvgIpc) is 3.19. The Labute approximate surface area is 137 Å². The van der Waals surface area contributed by atoms with Crippen molar-refractivity contribution in [3.63, 3.8) is 0 Å². The summed E-state index contributed by atoms with van der Waals surface area (Å²) in [4.78, 5) is 21.0. The molecule has 0 bridgehead atoms. The Morgan fingerprint density at radius 1 is 1.43 bits per heavy atom. The zero-order valence-electron chi connectivity index (χ0n) is 14.0. The molecule has 3 rings (SSSR count). The molecule has 0 aromatic carbocycles. The number of ether oxygens (including phenoxy) is 2. The van der Waals surface area contributed by atoms with Gasteiger partial charge in [-0.25, -0.2) is 4.98 Å². The lowest BCUT2D eigenvalue weighted by Gasteiger charge is -2.39. The van der Waals surface area contributed by atoms with E-state index in [9.17, 15) is 4.79 Å². The average molecular weight is 322 g/mol. The van der Waals surface area contributed by atoms with Crippen molar-refractivity contribution in [3.8, 4) is 0 Å². The van der Waals surface area contributed by atoms with Gasteiger partial charge in [0.05, 0.1) is 18.8 Å². The number of hydrogen-bond acceptors (Lipinski definition) is 5. The quantitative estimate of drug-likeness (QED) is 0.787. The third-order valence-corrected chi connectivity index (χ3v) is 4.71. The van der Waals surface area contributed by atoms with Crippen LogP contribution in [0, 0.1) is 0 Å². The highest BCUT2D eigenvalue weighted by Gasteiger charge is 2.30. The second-order valence-electron chi connectivity index (χ2n) is 6.38. The number of carbonyl (C=O) groups excluding carboxylic acids is 1. The molecule has 0 unspecified atom stereocenters. The van der Waals surface area contributed by atoms with Crippen LogP contribution < -0.4 is 0 Å². The summed E-state index contributed by atoms with van der Waals surface area (Å²) in [6.45, 7) is 3.70. The van der Waals surface area contributed by atoms with Crippen LogP contribution in [-0.4, -0.2) is 77.9 Å². The van der Waals surface area contributed by atoms with E-state index in [4.69, 9.17) is 9.47 Å². The predicted molar refractivity (Wildman–Crippen MR) is 85.0 cm³/mol. The zero-order valence-corrected chi connectivity index (χ0v) is 14.0. The first kappa shape index (κ1) is 16.4. The third kappa shape index (κ3) is 3.91. The minimum Gasteiger partial charge on any atom is -0.376 e. The monoisotopic (exact) mass is 322 g/mol. The number of rotatable bonds is 5. The van der Waals surface area contributed by atoms with E-state index in [0.717, 1.165) is 38.4 Å². The van der Waals surface area contributed by atoms with Crippen molar-refractivity contribution in [1.29, 1.82) is 0 Å². The number of aromatic nitrogens is 2. The molecule has 2 fully saturated rings. The summed E-state index contributed by atoms with van der Waals surface area (Å²) >= 11 is 0. The highest BCUT2D eigenvalue weighted by Crippen LogP contribution is 2.22. The topological polar surface area (TPSA) is 59.8 Å². The van der Waals surface area contributed by atoms with Crippen LogP contribution in [0.25, 0.3) is 0 Å². The van der Waals surface area contributed by atoms with E-state index in [0.29, 0.717) is 13.2 Å². The Morgan fingerprint density at radius 2 is 2.30 bits per heavy atom. The summed E-state index contributed by atoms with van der Waals surface area (Å²) in [7, 11) is 4.07. The molecule has 7 nitrogen and oxygen atoms in total. The largest absolute Gasteiger partial charge is 0.376 e. The number of carbonyl (C=O) groups is 1. The zero-order chi connectivity index (χ0) is 16.2. The molecule has 1 amide bonds. The fourth-order valence-corrected chi connectivity index (χ4v) is 3.22. The number of imidazole rings is 1. The molecule has 0 aliphatic carbocycles. The minimum atomic E-state index is 0.0512. The molecule has 2 atom stereocenters. The standard InChI is InChI=1S/C16H26N4O3/c1-18-7-8-20(10-14(18)16-17-5-6-19(16)2)15(21)12-22-11-13-4-3-9-23-13/h5-6,13-14H,3-4,7-12H2,1-2H3/t13-,14-/m0/s1. The Kier molecular flexibility index (Phi) is 5.30. The number of amides is 1. The normalized spacial score (nSPS) is 25.9. The van der Waals surface area contributed by atoms with Gasteiger partial charge in [0.15, 0.2) is 0 Å². The van der Waals surface area contributed by atoms with Gasteiger partial charge in [0, 0.05) is 45.7 Å². The van der Waals surface area contributed by atoms with Crippen LogP contribution in [0.5, 0.6) is 0 Å². The molecule has 7 heteroatoms. The van der Waals surface area contributed by atoms with Gasteiger partial charge in [-0.1, -0.05) is 0 Å². The van der Waals surface area contributed by atoms with Crippen LogP contribution in [0.2, 0.25) is 0 Å². The first-order valence-electron chi connectivity index (χ1n) is 8.29. The lowest BCUT2D eigenvalue weighted by molar-refractivity contribution is -0.140. The van der Waals surface area contributed by atoms with E-state index in [2.05, 4.69) is 16.9 Å². The molecule has 1 aromatic heterocycles. The molecule has 0 radical (unpaired) electrons. The molecule has 2 aliphatic rings. The summed E-state index contributed by atoms with van der Waals surface area (Å²) < 4.78 is 13.1. The molecule has 0 N–H and O–H groups in total. The van der Waals surface area contributed by atoms with Crippen LogP contribution in [0.1, 0.15) is 24.7 Å². The highest BCUT2D eigenvalue weighted by molar-refractivity contribution is 5.77. The van der Waals surface area contributed by atoms with Crippen molar-refractivity contribution in [3.05, 3.63) is 18.2 Å². The molecule has 128 valence electrons. The molecule has 2 saturated heterocycles. The van der Waals surface area contributed by atoms with E-state index in [1.165, 1.54) is 0 Å². The maximum absolute atomic E-state index is 12.4. The van der Waals surface area contributed by atoms with E-state index in [1.54, 1.807) is 6.20 Å². The minimum absolute atomic E-state index is 0.0512. The second kappa shape index (κ2) is 7.42. The first-order valence-corrected chi connectivity index (χ1v) is 8.29. The maximum atomic E-state index is 12.4. The SMILES string of the molecule is CN1CCN(C(=O)COC[C@@H]2CCCO2)C[C@H]1c1nccn1C. The summed E-state index contributed by atoms with van der Waals surface area (Å²) in [6.07, 6.45) is 6.02. The van der Waals surface area contributed by atoms with E-state index in [1.807, 2.05) is 22.7 Å². The van der Waals surface area contributed by atoms with Crippen LogP contribution in [0.4, 0.5) is 0 Å². The fraction of sp³-hybridized carbons (Fsp3) is 0.750. The fourth-order valence-electron chi connectivity index (χ4n) is 3.22. The number of piperazine rings is 1. The summed E-state index contributed by atoms with van der Waals surface area (Å²) in [5.74, 6) is 1.04. The highest BCUT2D eigenvalue weighted by atomic mass is 16.5. The number of nitrogens with zero attached hydrogens (tertiary/aromatic N) is 4. The first-order chi connectivity index (χ1) is 11.1. The van der Waals surface area contributed by atoms with Crippen LogP contribution in [0.15, 0.2) is 12.4 Å². The maximum Gasteiger partial charge on any atom is 0.248 e. The molecular formula is C16H26N4O3.